The first-order valence-electron chi connectivity index (χ1n) is 6.98. The third-order valence-corrected chi connectivity index (χ3v) is 4.02. The van der Waals surface area contributed by atoms with Crippen molar-refractivity contribution < 1.29 is 9.47 Å². The molecule has 1 unspecified atom stereocenters. The molecule has 1 saturated heterocycles. The largest absolute Gasteiger partial charge is 0.375 e. The predicted octanol–water partition coefficient (Wildman–Crippen LogP) is 4.31. The molecule has 0 saturated carbocycles. The van der Waals surface area contributed by atoms with E-state index < -0.39 is 0 Å². The Hall–Kier alpha value is 0.400. The first-order valence-corrected chi connectivity index (χ1v) is 8.10. The van der Waals surface area contributed by atoms with E-state index in [2.05, 4.69) is 29.8 Å². The molecule has 0 N–H and O–H groups in total. The Balaban J connectivity index is 2.01. The summed E-state index contributed by atoms with van der Waals surface area (Å²) in [5.41, 5.74) is -0.0891. The minimum atomic E-state index is -0.0891. The van der Waals surface area contributed by atoms with Crippen LogP contribution in [0.3, 0.4) is 0 Å². The summed E-state index contributed by atoms with van der Waals surface area (Å²) in [7, 11) is 0. The second-order valence-electron chi connectivity index (χ2n) is 5.41. The smallest absolute Gasteiger partial charge is 0.0886 e. The lowest BCUT2D eigenvalue weighted by Crippen LogP contribution is -2.44. The normalized spacial score (nSPS) is 23.8. The van der Waals surface area contributed by atoms with Crippen molar-refractivity contribution in [1.82, 2.24) is 0 Å². The number of unbranched alkanes of at least 4 members (excludes halogenated alkanes) is 4. The molecule has 1 aliphatic rings. The summed E-state index contributed by atoms with van der Waals surface area (Å²) >= 11 is 3.46. The van der Waals surface area contributed by atoms with Crippen LogP contribution in [0.15, 0.2) is 0 Å². The Labute approximate surface area is 115 Å². The van der Waals surface area contributed by atoms with Crippen LogP contribution in [0.5, 0.6) is 0 Å². The molecule has 1 fully saturated rings. The van der Waals surface area contributed by atoms with E-state index in [0.29, 0.717) is 6.10 Å². The molecule has 1 rings (SSSR count). The third kappa shape index (κ3) is 6.21. The lowest BCUT2D eigenvalue weighted by Gasteiger charge is -2.38. The fraction of sp³-hybridized carbons (Fsp3) is 1.00. The highest BCUT2D eigenvalue weighted by molar-refractivity contribution is 9.09. The molecule has 0 bridgehead atoms. The zero-order valence-corrected chi connectivity index (χ0v) is 12.9. The summed E-state index contributed by atoms with van der Waals surface area (Å²) in [5.74, 6) is 0. The molecule has 3 heteroatoms. The monoisotopic (exact) mass is 306 g/mol. The van der Waals surface area contributed by atoms with Gasteiger partial charge >= 0.3 is 0 Å². The average molecular weight is 307 g/mol. The van der Waals surface area contributed by atoms with Crippen LogP contribution in [0.2, 0.25) is 0 Å². The summed E-state index contributed by atoms with van der Waals surface area (Å²) in [6.45, 7) is 6.07. The molecular formula is C14H27BrO2. The van der Waals surface area contributed by atoms with Gasteiger partial charge in [0.05, 0.1) is 11.7 Å². The molecule has 2 nitrogen and oxygen atoms in total. The topological polar surface area (TPSA) is 18.5 Å². The van der Waals surface area contributed by atoms with Crippen LogP contribution < -0.4 is 0 Å². The van der Waals surface area contributed by atoms with Crippen molar-refractivity contribution in [2.45, 2.75) is 70.5 Å². The Morgan fingerprint density at radius 3 is 2.59 bits per heavy atom. The minimum absolute atomic E-state index is 0.0891. The highest BCUT2D eigenvalue weighted by Gasteiger charge is 2.33. The second kappa shape index (κ2) is 8.49. The lowest BCUT2D eigenvalue weighted by molar-refractivity contribution is -0.156. The highest BCUT2D eigenvalue weighted by Crippen LogP contribution is 2.27. The molecule has 102 valence electrons. The zero-order chi connectivity index (χ0) is 12.6. The van der Waals surface area contributed by atoms with Crippen LogP contribution in [-0.2, 0) is 9.47 Å². The fourth-order valence-electron chi connectivity index (χ4n) is 2.28. The molecule has 0 spiro atoms. The minimum Gasteiger partial charge on any atom is -0.375 e. The van der Waals surface area contributed by atoms with Gasteiger partial charge in [-0.2, -0.15) is 0 Å². The van der Waals surface area contributed by atoms with Crippen molar-refractivity contribution in [2.75, 3.05) is 18.5 Å². The van der Waals surface area contributed by atoms with E-state index >= 15 is 0 Å². The number of rotatable bonds is 8. The van der Waals surface area contributed by atoms with Crippen LogP contribution in [0.1, 0.15) is 58.8 Å². The van der Waals surface area contributed by atoms with Crippen molar-refractivity contribution in [3.63, 3.8) is 0 Å². The first kappa shape index (κ1) is 15.5. The summed E-state index contributed by atoms with van der Waals surface area (Å²) in [5, 5.41) is 1.14. The summed E-state index contributed by atoms with van der Waals surface area (Å²) in [4.78, 5) is 0. The maximum atomic E-state index is 5.97. The molecule has 0 aromatic rings. The summed E-state index contributed by atoms with van der Waals surface area (Å²) in [6.07, 6.45) is 9.03. The molecule has 0 amide bonds. The number of halogens is 1. The molecule has 17 heavy (non-hydrogen) atoms. The van der Waals surface area contributed by atoms with Crippen LogP contribution in [-0.4, -0.2) is 30.2 Å². The second-order valence-corrected chi connectivity index (χ2v) is 6.20. The molecule has 0 aliphatic carbocycles. The number of hydrogen-bond acceptors (Lipinski definition) is 2. The molecule has 0 aromatic heterocycles. The van der Waals surface area contributed by atoms with E-state index in [4.69, 9.17) is 9.47 Å². The maximum absolute atomic E-state index is 5.97. The predicted molar refractivity (Wildman–Crippen MR) is 75.9 cm³/mol. The standard InChI is InChI=1S/C14H27BrO2/c1-14(2)13(9-8-12-17-14)16-11-7-5-3-4-6-10-15/h13H,3-12H2,1-2H3. The average Bonchev–Trinajstić information content (AvgIpc) is 2.29. The van der Waals surface area contributed by atoms with Crippen LogP contribution in [0.4, 0.5) is 0 Å². The van der Waals surface area contributed by atoms with Crippen molar-refractivity contribution >= 4 is 15.9 Å². The number of alkyl halides is 1. The van der Waals surface area contributed by atoms with E-state index in [1.54, 1.807) is 0 Å². The van der Waals surface area contributed by atoms with Crippen LogP contribution in [0.25, 0.3) is 0 Å². The first-order chi connectivity index (χ1) is 8.17. The molecule has 0 aromatic carbocycles. The molecule has 1 atom stereocenters. The molecular weight excluding hydrogens is 280 g/mol. The van der Waals surface area contributed by atoms with E-state index in [0.717, 1.165) is 31.4 Å². The van der Waals surface area contributed by atoms with Gasteiger partial charge in [0, 0.05) is 18.5 Å². The molecule has 0 radical (unpaired) electrons. The Morgan fingerprint density at radius 1 is 1.18 bits per heavy atom. The van der Waals surface area contributed by atoms with Crippen molar-refractivity contribution in [1.29, 1.82) is 0 Å². The zero-order valence-electron chi connectivity index (χ0n) is 11.3. The third-order valence-electron chi connectivity index (χ3n) is 3.46. The number of hydrogen-bond donors (Lipinski definition) is 0. The van der Waals surface area contributed by atoms with E-state index in [1.807, 2.05) is 0 Å². The Kier molecular flexibility index (Phi) is 7.72. The van der Waals surface area contributed by atoms with E-state index in [-0.39, 0.29) is 5.60 Å². The summed E-state index contributed by atoms with van der Waals surface area (Å²) in [6, 6.07) is 0. The van der Waals surface area contributed by atoms with Gasteiger partial charge < -0.3 is 9.47 Å². The Bertz CT molecular complexity index is 195. The van der Waals surface area contributed by atoms with E-state index in [1.165, 1.54) is 32.1 Å². The van der Waals surface area contributed by atoms with E-state index in [9.17, 15) is 0 Å². The lowest BCUT2D eigenvalue weighted by atomic mass is 9.94. The fourth-order valence-corrected chi connectivity index (χ4v) is 2.68. The van der Waals surface area contributed by atoms with Gasteiger partial charge in [0.25, 0.3) is 0 Å². The van der Waals surface area contributed by atoms with Gasteiger partial charge in [-0.25, -0.2) is 0 Å². The summed E-state index contributed by atoms with van der Waals surface area (Å²) < 4.78 is 11.7. The van der Waals surface area contributed by atoms with Gasteiger partial charge in [-0.3, -0.25) is 0 Å². The van der Waals surface area contributed by atoms with Gasteiger partial charge in [-0.1, -0.05) is 35.2 Å². The van der Waals surface area contributed by atoms with Crippen molar-refractivity contribution in [3.8, 4) is 0 Å². The SMILES string of the molecule is CC1(C)OCCCC1OCCCCCCCBr. The van der Waals surface area contributed by atoms with Crippen LogP contribution in [0, 0.1) is 0 Å². The van der Waals surface area contributed by atoms with Crippen LogP contribution >= 0.6 is 15.9 Å². The molecule has 1 heterocycles. The van der Waals surface area contributed by atoms with Crippen molar-refractivity contribution in [2.24, 2.45) is 0 Å². The van der Waals surface area contributed by atoms with Gasteiger partial charge in [0.1, 0.15) is 0 Å². The molecule has 1 aliphatic heterocycles. The van der Waals surface area contributed by atoms with Gasteiger partial charge in [-0.15, -0.1) is 0 Å². The van der Waals surface area contributed by atoms with Crippen molar-refractivity contribution in [3.05, 3.63) is 0 Å². The maximum Gasteiger partial charge on any atom is 0.0886 e. The number of ether oxygens (including phenoxy) is 2. The van der Waals surface area contributed by atoms with Gasteiger partial charge in [-0.05, 0) is 39.5 Å². The van der Waals surface area contributed by atoms with Gasteiger partial charge in [0.2, 0.25) is 0 Å². The Morgan fingerprint density at radius 2 is 1.88 bits per heavy atom. The quantitative estimate of drug-likeness (QED) is 0.491. The van der Waals surface area contributed by atoms with Gasteiger partial charge in [0.15, 0.2) is 0 Å². The highest BCUT2D eigenvalue weighted by atomic mass is 79.9.